The molecule has 1 fully saturated rings. The summed E-state index contributed by atoms with van der Waals surface area (Å²) >= 11 is 1.62. The molecular weight excluding hydrogens is 286 g/mol. The fourth-order valence-electron chi connectivity index (χ4n) is 2.70. The van der Waals surface area contributed by atoms with Crippen molar-refractivity contribution in [3.63, 3.8) is 0 Å². The van der Waals surface area contributed by atoms with Gasteiger partial charge in [0.1, 0.15) is 6.04 Å². The van der Waals surface area contributed by atoms with Gasteiger partial charge in [-0.3, -0.25) is 4.79 Å². The zero-order valence-corrected chi connectivity index (χ0v) is 12.9. The first kappa shape index (κ1) is 14.3. The number of piperidine rings is 1. The summed E-state index contributed by atoms with van der Waals surface area (Å²) in [7, 11) is 0. The van der Waals surface area contributed by atoms with Gasteiger partial charge in [0, 0.05) is 13.0 Å². The first-order valence-corrected chi connectivity index (χ1v) is 8.35. The number of aryl methyl sites for hydroxylation is 1. The average molecular weight is 305 g/mol. The number of carbonyl (C=O) groups is 1. The van der Waals surface area contributed by atoms with Crippen LogP contribution in [0.3, 0.4) is 0 Å². The molecule has 21 heavy (non-hydrogen) atoms. The number of likely N-dealkylation sites (tertiary alicyclic amines) is 1. The van der Waals surface area contributed by atoms with Crippen LogP contribution in [0.25, 0.3) is 0 Å². The van der Waals surface area contributed by atoms with Crippen LogP contribution in [0.1, 0.15) is 49.5 Å². The summed E-state index contributed by atoms with van der Waals surface area (Å²) in [5.41, 5.74) is 1.08. The van der Waals surface area contributed by atoms with Crippen LogP contribution in [0.15, 0.2) is 21.3 Å². The third-order valence-electron chi connectivity index (χ3n) is 3.84. The molecule has 1 aliphatic rings. The molecule has 1 saturated heterocycles. The molecular formula is C15H19N3O2S. The van der Waals surface area contributed by atoms with Crippen molar-refractivity contribution < 1.29 is 9.32 Å². The molecule has 0 bridgehead atoms. The van der Waals surface area contributed by atoms with Gasteiger partial charge in [0.2, 0.25) is 11.8 Å². The lowest BCUT2D eigenvalue weighted by Crippen LogP contribution is -2.39. The fraction of sp³-hybridized carbons (Fsp3) is 0.533. The summed E-state index contributed by atoms with van der Waals surface area (Å²) in [5, 5.41) is 7.99. The van der Waals surface area contributed by atoms with Gasteiger partial charge in [-0.15, -0.1) is 0 Å². The maximum atomic E-state index is 12.6. The van der Waals surface area contributed by atoms with Gasteiger partial charge in [-0.1, -0.05) is 12.1 Å². The van der Waals surface area contributed by atoms with Crippen LogP contribution in [0.4, 0.5) is 0 Å². The normalized spacial score (nSPS) is 18.9. The highest BCUT2D eigenvalue weighted by atomic mass is 32.1. The second-order valence-electron chi connectivity index (χ2n) is 5.31. The zero-order valence-electron chi connectivity index (χ0n) is 12.1. The van der Waals surface area contributed by atoms with Crippen molar-refractivity contribution in [1.29, 1.82) is 0 Å². The van der Waals surface area contributed by atoms with E-state index in [1.54, 1.807) is 11.3 Å². The van der Waals surface area contributed by atoms with E-state index in [1.165, 1.54) is 0 Å². The maximum absolute atomic E-state index is 12.6. The highest BCUT2D eigenvalue weighted by Crippen LogP contribution is 2.30. The van der Waals surface area contributed by atoms with Crippen molar-refractivity contribution in [2.75, 3.05) is 6.54 Å². The van der Waals surface area contributed by atoms with Crippen molar-refractivity contribution in [2.45, 2.75) is 45.1 Å². The van der Waals surface area contributed by atoms with E-state index in [9.17, 15) is 4.79 Å². The molecule has 2 aromatic rings. The molecule has 0 saturated carbocycles. The number of aromatic nitrogens is 2. The molecule has 112 valence electrons. The van der Waals surface area contributed by atoms with Crippen LogP contribution in [0.2, 0.25) is 0 Å². The highest BCUT2D eigenvalue weighted by Gasteiger charge is 2.31. The molecule has 3 rings (SSSR count). The number of thiophene rings is 1. The number of hydrogen-bond donors (Lipinski definition) is 0. The van der Waals surface area contributed by atoms with Crippen LogP contribution in [0, 0.1) is 0 Å². The van der Waals surface area contributed by atoms with E-state index in [-0.39, 0.29) is 11.9 Å². The average Bonchev–Trinajstić information content (AvgIpc) is 3.18. The number of amides is 1. The Morgan fingerprint density at radius 2 is 2.43 bits per heavy atom. The van der Waals surface area contributed by atoms with Crippen molar-refractivity contribution >= 4 is 17.2 Å². The van der Waals surface area contributed by atoms with Gasteiger partial charge in [0.15, 0.2) is 5.82 Å². The minimum Gasteiger partial charge on any atom is -0.337 e. The van der Waals surface area contributed by atoms with Crippen molar-refractivity contribution in [3.8, 4) is 0 Å². The molecule has 6 heteroatoms. The van der Waals surface area contributed by atoms with Gasteiger partial charge in [-0.25, -0.2) is 0 Å². The van der Waals surface area contributed by atoms with Gasteiger partial charge in [-0.2, -0.15) is 16.3 Å². The Bertz CT molecular complexity index is 594. The van der Waals surface area contributed by atoms with E-state index in [2.05, 4.69) is 10.1 Å². The maximum Gasteiger partial charge on any atom is 0.249 e. The van der Waals surface area contributed by atoms with Crippen molar-refractivity contribution in [2.24, 2.45) is 0 Å². The van der Waals surface area contributed by atoms with Gasteiger partial charge in [0.25, 0.3) is 0 Å². The van der Waals surface area contributed by atoms with Crippen molar-refractivity contribution in [3.05, 3.63) is 34.1 Å². The molecule has 0 spiro atoms. The summed E-state index contributed by atoms with van der Waals surface area (Å²) in [5.74, 6) is 1.44. The summed E-state index contributed by atoms with van der Waals surface area (Å²) in [6.07, 6.45) is 4.24. The number of rotatable bonds is 4. The van der Waals surface area contributed by atoms with E-state index in [1.807, 2.05) is 28.7 Å². The topological polar surface area (TPSA) is 59.2 Å². The van der Waals surface area contributed by atoms with E-state index in [4.69, 9.17) is 4.52 Å². The summed E-state index contributed by atoms with van der Waals surface area (Å²) < 4.78 is 5.36. The van der Waals surface area contributed by atoms with Crippen LogP contribution in [-0.2, 0) is 17.6 Å². The second-order valence-corrected chi connectivity index (χ2v) is 6.09. The molecule has 1 aliphatic heterocycles. The molecule has 1 amide bonds. The highest BCUT2D eigenvalue weighted by molar-refractivity contribution is 7.07. The van der Waals surface area contributed by atoms with Crippen LogP contribution in [0.5, 0.6) is 0 Å². The molecule has 3 heterocycles. The first-order chi connectivity index (χ1) is 10.3. The van der Waals surface area contributed by atoms with E-state index >= 15 is 0 Å². The van der Waals surface area contributed by atoms with E-state index in [0.29, 0.717) is 18.1 Å². The zero-order chi connectivity index (χ0) is 14.7. The third-order valence-corrected chi connectivity index (χ3v) is 4.58. The lowest BCUT2D eigenvalue weighted by Gasteiger charge is -2.33. The Balaban J connectivity index is 1.76. The van der Waals surface area contributed by atoms with Crippen LogP contribution >= 0.6 is 11.3 Å². The van der Waals surface area contributed by atoms with Crippen LogP contribution in [-0.4, -0.2) is 27.5 Å². The van der Waals surface area contributed by atoms with Crippen LogP contribution < -0.4 is 0 Å². The molecule has 1 atom stereocenters. The van der Waals surface area contributed by atoms with E-state index in [0.717, 1.165) is 37.8 Å². The Morgan fingerprint density at radius 3 is 3.14 bits per heavy atom. The predicted octanol–water partition coefficient (Wildman–Crippen LogP) is 2.99. The Labute approximate surface area is 128 Å². The fourth-order valence-corrected chi connectivity index (χ4v) is 3.37. The molecule has 5 nitrogen and oxygen atoms in total. The molecule has 0 N–H and O–H groups in total. The van der Waals surface area contributed by atoms with Gasteiger partial charge >= 0.3 is 0 Å². The summed E-state index contributed by atoms with van der Waals surface area (Å²) in [6, 6.07) is 1.95. The standard InChI is InChI=1S/C15H19N3O2S/c1-2-13-16-15(20-17-13)12-5-3-4-7-18(12)14(19)9-11-6-8-21-10-11/h6,8,10,12H,2-5,7,9H2,1H3/t12-/m1/s1. The minimum atomic E-state index is -0.0577. The number of carbonyl (C=O) groups excluding carboxylic acids is 1. The molecule has 2 aromatic heterocycles. The summed E-state index contributed by atoms with van der Waals surface area (Å²) in [4.78, 5) is 18.9. The first-order valence-electron chi connectivity index (χ1n) is 7.41. The molecule has 0 aliphatic carbocycles. The Kier molecular flexibility index (Phi) is 4.34. The van der Waals surface area contributed by atoms with Crippen molar-refractivity contribution in [1.82, 2.24) is 15.0 Å². The van der Waals surface area contributed by atoms with E-state index < -0.39 is 0 Å². The second kappa shape index (κ2) is 6.39. The quantitative estimate of drug-likeness (QED) is 0.871. The third kappa shape index (κ3) is 3.15. The minimum absolute atomic E-state index is 0.0577. The SMILES string of the molecule is CCc1noc([C@H]2CCCCN2C(=O)Cc2ccsc2)n1. The summed E-state index contributed by atoms with van der Waals surface area (Å²) in [6.45, 7) is 2.77. The number of hydrogen-bond acceptors (Lipinski definition) is 5. The van der Waals surface area contributed by atoms with Gasteiger partial charge in [0.05, 0.1) is 6.42 Å². The lowest BCUT2D eigenvalue weighted by molar-refractivity contribution is -0.135. The Hall–Kier alpha value is -1.69. The predicted molar refractivity (Wildman–Crippen MR) is 80.0 cm³/mol. The largest absolute Gasteiger partial charge is 0.337 e. The number of nitrogens with zero attached hydrogens (tertiary/aromatic N) is 3. The molecule has 0 radical (unpaired) electrons. The monoisotopic (exact) mass is 305 g/mol. The van der Waals surface area contributed by atoms with Gasteiger partial charge in [-0.05, 0) is 41.7 Å². The molecule has 0 unspecified atom stereocenters. The lowest BCUT2D eigenvalue weighted by atomic mass is 10.0. The van der Waals surface area contributed by atoms with Gasteiger partial charge < -0.3 is 9.42 Å². The smallest absolute Gasteiger partial charge is 0.249 e. The Morgan fingerprint density at radius 1 is 1.52 bits per heavy atom. The molecule has 0 aromatic carbocycles.